The van der Waals surface area contributed by atoms with Crippen molar-refractivity contribution in [2.45, 2.75) is 33.8 Å². The van der Waals surface area contributed by atoms with Crippen LogP contribution in [0.25, 0.3) is 0 Å². The maximum absolute atomic E-state index is 4.96. The lowest BCUT2D eigenvalue weighted by molar-refractivity contribution is 0.0279. The van der Waals surface area contributed by atoms with Crippen molar-refractivity contribution < 1.29 is 4.84 Å². The first kappa shape index (κ1) is 13.1. The van der Waals surface area contributed by atoms with Gasteiger partial charge in [-0.05, 0) is 17.5 Å². The lowest BCUT2D eigenvalue weighted by Crippen LogP contribution is -2.21. The van der Waals surface area contributed by atoms with Gasteiger partial charge >= 0.3 is 0 Å². The van der Waals surface area contributed by atoms with E-state index in [1.807, 2.05) is 26.0 Å². The standard InChI is InChI=1S/C9H14N2O.C2H6/c1-2-8-3-5-9(6-4-8)7-12-11-10;1-2/h3-6,11H,2,7,10H2,1H3;1-2H3. The summed E-state index contributed by atoms with van der Waals surface area (Å²) in [5, 5.41) is 0. The topological polar surface area (TPSA) is 47.3 Å². The molecule has 80 valence electrons. The highest BCUT2D eigenvalue weighted by Gasteiger charge is 1.92. The van der Waals surface area contributed by atoms with Crippen LogP contribution in [-0.4, -0.2) is 0 Å². The third-order valence-corrected chi connectivity index (χ3v) is 1.75. The molecule has 1 aromatic rings. The summed E-state index contributed by atoms with van der Waals surface area (Å²) in [5.41, 5.74) is 4.59. The highest BCUT2D eigenvalue weighted by molar-refractivity contribution is 5.21. The minimum atomic E-state index is 0.500. The molecule has 0 aliphatic rings. The van der Waals surface area contributed by atoms with Crippen LogP contribution in [0.15, 0.2) is 24.3 Å². The van der Waals surface area contributed by atoms with Crippen molar-refractivity contribution in [3.63, 3.8) is 0 Å². The van der Waals surface area contributed by atoms with E-state index in [2.05, 4.69) is 24.6 Å². The zero-order valence-corrected chi connectivity index (χ0v) is 9.21. The van der Waals surface area contributed by atoms with Crippen LogP contribution in [0.2, 0.25) is 0 Å². The summed E-state index contributed by atoms with van der Waals surface area (Å²) in [5.74, 6) is 4.96. The van der Waals surface area contributed by atoms with E-state index in [-0.39, 0.29) is 0 Å². The van der Waals surface area contributed by atoms with Crippen LogP contribution in [0.4, 0.5) is 0 Å². The summed E-state index contributed by atoms with van der Waals surface area (Å²) in [6.45, 7) is 6.63. The number of hydrazine groups is 1. The monoisotopic (exact) mass is 196 g/mol. The van der Waals surface area contributed by atoms with E-state index in [0.717, 1.165) is 12.0 Å². The van der Waals surface area contributed by atoms with Crippen molar-refractivity contribution in [1.82, 2.24) is 5.59 Å². The van der Waals surface area contributed by atoms with Crippen molar-refractivity contribution in [1.29, 1.82) is 0 Å². The Hall–Kier alpha value is -0.900. The van der Waals surface area contributed by atoms with E-state index in [0.29, 0.717) is 6.61 Å². The van der Waals surface area contributed by atoms with Crippen LogP contribution in [0.1, 0.15) is 31.9 Å². The fourth-order valence-corrected chi connectivity index (χ4v) is 0.996. The summed E-state index contributed by atoms with van der Waals surface area (Å²) in [6.07, 6.45) is 1.07. The minimum absolute atomic E-state index is 0.500. The molecule has 0 saturated carbocycles. The van der Waals surface area contributed by atoms with Gasteiger partial charge in [0.1, 0.15) is 0 Å². The molecule has 0 unspecified atom stereocenters. The zero-order valence-electron chi connectivity index (χ0n) is 9.21. The van der Waals surface area contributed by atoms with Crippen LogP contribution < -0.4 is 11.4 Å². The average molecular weight is 196 g/mol. The van der Waals surface area contributed by atoms with Crippen molar-refractivity contribution in [2.24, 2.45) is 5.84 Å². The van der Waals surface area contributed by atoms with Gasteiger partial charge in [0.05, 0.1) is 6.61 Å². The summed E-state index contributed by atoms with van der Waals surface area (Å²) < 4.78 is 0. The Morgan fingerprint density at radius 2 is 1.64 bits per heavy atom. The Morgan fingerprint density at radius 1 is 1.14 bits per heavy atom. The Bertz CT molecular complexity index is 221. The van der Waals surface area contributed by atoms with Crippen LogP contribution in [-0.2, 0) is 17.9 Å². The van der Waals surface area contributed by atoms with Crippen molar-refractivity contribution in [3.05, 3.63) is 35.4 Å². The molecule has 3 nitrogen and oxygen atoms in total. The molecule has 0 aliphatic carbocycles. The van der Waals surface area contributed by atoms with Gasteiger partial charge in [-0.2, -0.15) is 0 Å². The van der Waals surface area contributed by atoms with E-state index < -0.39 is 0 Å². The molecular weight excluding hydrogens is 176 g/mol. The van der Waals surface area contributed by atoms with Gasteiger partial charge in [-0.15, -0.1) is 5.59 Å². The predicted molar refractivity (Wildman–Crippen MR) is 59.3 cm³/mol. The molecule has 0 atom stereocenters. The fraction of sp³-hybridized carbons (Fsp3) is 0.455. The molecule has 0 spiro atoms. The number of aryl methyl sites for hydroxylation is 1. The van der Waals surface area contributed by atoms with Gasteiger partial charge in [-0.3, -0.25) is 4.84 Å². The number of nitrogens with two attached hydrogens (primary N) is 1. The maximum Gasteiger partial charge on any atom is 0.0949 e. The average Bonchev–Trinajstić information content (AvgIpc) is 2.30. The van der Waals surface area contributed by atoms with Crippen molar-refractivity contribution in [2.75, 3.05) is 0 Å². The van der Waals surface area contributed by atoms with Gasteiger partial charge in [-0.1, -0.05) is 45.0 Å². The van der Waals surface area contributed by atoms with Crippen molar-refractivity contribution >= 4 is 0 Å². The third kappa shape index (κ3) is 4.97. The molecule has 1 rings (SSSR count). The zero-order chi connectivity index (χ0) is 10.8. The first-order valence-corrected chi connectivity index (χ1v) is 5.02. The summed E-state index contributed by atoms with van der Waals surface area (Å²) in [7, 11) is 0. The Balaban J connectivity index is 0.000000791. The first-order chi connectivity index (χ1) is 6.86. The number of hydrogen-bond donors (Lipinski definition) is 2. The lowest BCUT2D eigenvalue weighted by Gasteiger charge is -2.02. The molecule has 0 aliphatic heterocycles. The normalized spacial score (nSPS) is 9.14. The van der Waals surface area contributed by atoms with Crippen LogP contribution in [0.3, 0.4) is 0 Å². The second-order valence-corrected chi connectivity index (χ2v) is 2.58. The van der Waals surface area contributed by atoms with Gasteiger partial charge in [0.2, 0.25) is 0 Å². The van der Waals surface area contributed by atoms with Gasteiger partial charge in [0.25, 0.3) is 0 Å². The van der Waals surface area contributed by atoms with Gasteiger partial charge in [0.15, 0.2) is 0 Å². The van der Waals surface area contributed by atoms with E-state index in [1.54, 1.807) is 0 Å². The van der Waals surface area contributed by atoms with Crippen molar-refractivity contribution in [3.8, 4) is 0 Å². The maximum atomic E-state index is 4.96. The summed E-state index contributed by atoms with van der Waals surface area (Å²) in [6, 6.07) is 8.26. The fourth-order valence-electron chi connectivity index (χ4n) is 0.996. The first-order valence-electron chi connectivity index (χ1n) is 5.02. The van der Waals surface area contributed by atoms with Crippen LogP contribution in [0, 0.1) is 0 Å². The Labute approximate surface area is 86.2 Å². The quantitative estimate of drug-likeness (QED) is 0.573. The molecule has 0 saturated heterocycles. The Kier molecular flexibility index (Phi) is 8.13. The minimum Gasteiger partial charge on any atom is -0.282 e. The van der Waals surface area contributed by atoms with E-state index in [1.165, 1.54) is 5.56 Å². The molecular formula is C11H20N2O. The highest BCUT2D eigenvalue weighted by atomic mass is 16.7. The number of nitrogens with one attached hydrogen (secondary N) is 1. The smallest absolute Gasteiger partial charge is 0.0949 e. The van der Waals surface area contributed by atoms with Gasteiger partial charge in [-0.25, -0.2) is 5.84 Å². The highest BCUT2D eigenvalue weighted by Crippen LogP contribution is 2.05. The Morgan fingerprint density at radius 3 is 2.07 bits per heavy atom. The molecule has 14 heavy (non-hydrogen) atoms. The largest absolute Gasteiger partial charge is 0.282 e. The number of hydrogen-bond acceptors (Lipinski definition) is 3. The second-order valence-electron chi connectivity index (χ2n) is 2.58. The summed E-state index contributed by atoms with van der Waals surface area (Å²) >= 11 is 0. The van der Waals surface area contributed by atoms with Crippen LogP contribution in [0.5, 0.6) is 0 Å². The van der Waals surface area contributed by atoms with E-state index in [9.17, 15) is 0 Å². The van der Waals surface area contributed by atoms with Gasteiger partial charge in [0, 0.05) is 0 Å². The third-order valence-electron chi connectivity index (χ3n) is 1.75. The molecule has 0 amide bonds. The lowest BCUT2D eigenvalue weighted by atomic mass is 10.1. The van der Waals surface area contributed by atoms with E-state index in [4.69, 9.17) is 10.7 Å². The molecule has 0 aromatic heterocycles. The molecule has 1 aromatic carbocycles. The second kappa shape index (κ2) is 8.69. The molecule has 3 N–H and O–H groups in total. The molecule has 3 heteroatoms. The number of benzene rings is 1. The molecule has 0 fully saturated rings. The van der Waals surface area contributed by atoms with Gasteiger partial charge < -0.3 is 0 Å². The molecule has 0 bridgehead atoms. The van der Waals surface area contributed by atoms with Crippen LogP contribution >= 0.6 is 0 Å². The summed E-state index contributed by atoms with van der Waals surface area (Å²) in [4.78, 5) is 4.82. The SMILES string of the molecule is CC.CCc1ccc(CONN)cc1. The number of rotatable bonds is 4. The molecule has 0 heterocycles. The predicted octanol–water partition coefficient (Wildman–Crippen LogP) is 2.17. The molecule has 0 radical (unpaired) electrons. The van der Waals surface area contributed by atoms with E-state index >= 15 is 0 Å².